The topological polar surface area (TPSA) is 50.7 Å². The van der Waals surface area contributed by atoms with Crippen LogP contribution in [0.1, 0.15) is 15.9 Å². The number of halogens is 3. The number of carbonyl (C=O) groups is 1. The van der Waals surface area contributed by atoms with Gasteiger partial charge in [0.15, 0.2) is 0 Å². The molecule has 114 valence electrons. The van der Waals surface area contributed by atoms with Crippen LogP contribution in [-0.2, 0) is 0 Å². The molecule has 0 aromatic heterocycles. The molecule has 0 aliphatic heterocycles. The lowest BCUT2D eigenvalue weighted by Gasteiger charge is -2.06. The maximum atomic E-state index is 11.9. The largest absolute Gasteiger partial charge is 0.494 e. The Hall–Kier alpha value is -1.18. The molecule has 0 saturated carbocycles. The van der Waals surface area contributed by atoms with Gasteiger partial charge in [0.25, 0.3) is 5.91 Å². The summed E-state index contributed by atoms with van der Waals surface area (Å²) in [6.07, 6.45) is 1.56. The number of nitrogens with zero attached hydrogens (tertiary/aromatic N) is 1. The summed E-state index contributed by atoms with van der Waals surface area (Å²) in [6.45, 7) is 0. The van der Waals surface area contributed by atoms with Crippen LogP contribution in [0, 0.1) is 0 Å². The summed E-state index contributed by atoms with van der Waals surface area (Å²) in [5, 5.41) is 3.96. The Morgan fingerprint density at radius 1 is 1.18 bits per heavy atom. The van der Waals surface area contributed by atoms with Crippen LogP contribution in [-0.4, -0.2) is 19.2 Å². The molecule has 7 heteroatoms. The number of ether oxygens (including phenoxy) is 1. The molecule has 0 heterocycles. The second kappa shape index (κ2) is 7.89. The van der Waals surface area contributed by atoms with Crippen LogP contribution in [0.3, 0.4) is 0 Å². The molecule has 0 spiro atoms. The number of rotatable bonds is 4. The molecule has 0 radical (unpaired) electrons. The summed E-state index contributed by atoms with van der Waals surface area (Å²) >= 11 is 10.2. The molecule has 0 unspecified atom stereocenters. The van der Waals surface area contributed by atoms with Gasteiger partial charge in [-0.15, -0.1) is 0 Å². The number of benzene rings is 2. The van der Waals surface area contributed by atoms with E-state index in [4.69, 9.17) is 4.74 Å². The fourth-order valence-corrected chi connectivity index (χ4v) is 3.65. The van der Waals surface area contributed by atoms with E-state index in [-0.39, 0.29) is 5.91 Å². The monoisotopic (exact) mass is 488 g/mol. The summed E-state index contributed by atoms with van der Waals surface area (Å²) in [4.78, 5) is 11.9. The molecule has 0 aliphatic rings. The fourth-order valence-electron chi connectivity index (χ4n) is 1.71. The van der Waals surface area contributed by atoms with Crippen molar-refractivity contribution in [2.75, 3.05) is 7.11 Å². The summed E-state index contributed by atoms with van der Waals surface area (Å²) in [6, 6.07) is 10.8. The van der Waals surface area contributed by atoms with E-state index in [1.807, 2.05) is 18.2 Å². The number of hydrogen-bond acceptors (Lipinski definition) is 3. The highest BCUT2D eigenvalue weighted by atomic mass is 79.9. The highest BCUT2D eigenvalue weighted by molar-refractivity contribution is 9.11. The van der Waals surface area contributed by atoms with Crippen molar-refractivity contribution in [1.82, 2.24) is 5.43 Å². The van der Waals surface area contributed by atoms with Gasteiger partial charge in [0.1, 0.15) is 5.75 Å². The van der Waals surface area contributed by atoms with E-state index in [1.165, 1.54) is 0 Å². The van der Waals surface area contributed by atoms with Crippen LogP contribution in [0.2, 0.25) is 0 Å². The number of amides is 1. The molecule has 0 aliphatic carbocycles. The van der Waals surface area contributed by atoms with Crippen LogP contribution in [0.25, 0.3) is 0 Å². The Morgan fingerprint density at radius 2 is 1.86 bits per heavy atom. The molecule has 0 fully saturated rings. The first-order chi connectivity index (χ1) is 10.5. The molecule has 1 N–H and O–H groups in total. The van der Waals surface area contributed by atoms with E-state index in [9.17, 15) is 4.79 Å². The van der Waals surface area contributed by atoms with Crippen molar-refractivity contribution >= 4 is 59.9 Å². The van der Waals surface area contributed by atoms with Gasteiger partial charge in [-0.2, -0.15) is 5.10 Å². The summed E-state index contributed by atoms with van der Waals surface area (Å²) < 4.78 is 7.66. The molecule has 0 atom stereocenters. The zero-order valence-electron chi connectivity index (χ0n) is 11.4. The minimum absolute atomic E-state index is 0.274. The lowest BCUT2D eigenvalue weighted by Crippen LogP contribution is -2.17. The van der Waals surface area contributed by atoms with Gasteiger partial charge in [-0.05, 0) is 67.8 Å². The van der Waals surface area contributed by atoms with Crippen molar-refractivity contribution in [1.29, 1.82) is 0 Å². The van der Waals surface area contributed by atoms with Crippen molar-refractivity contribution in [3.63, 3.8) is 0 Å². The molecule has 22 heavy (non-hydrogen) atoms. The van der Waals surface area contributed by atoms with Gasteiger partial charge in [-0.1, -0.05) is 22.0 Å². The molecule has 0 saturated heterocycles. The number of nitrogens with one attached hydrogen (secondary N) is 1. The Bertz CT molecular complexity index is 709. The van der Waals surface area contributed by atoms with Crippen molar-refractivity contribution in [2.24, 2.45) is 5.10 Å². The third kappa shape index (κ3) is 4.41. The lowest BCUT2D eigenvalue weighted by molar-refractivity contribution is 0.0955. The Balaban J connectivity index is 2.08. The van der Waals surface area contributed by atoms with E-state index in [2.05, 4.69) is 58.3 Å². The summed E-state index contributed by atoms with van der Waals surface area (Å²) in [7, 11) is 1.59. The van der Waals surface area contributed by atoms with Gasteiger partial charge < -0.3 is 4.74 Å². The third-order valence-corrected chi connectivity index (χ3v) is 4.36. The third-order valence-electron chi connectivity index (χ3n) is 2.69. The predicted molar refractivity (Wildman–Crippen MR) is 97.6 cm³/mol. The van der Waals surface area contributed by atoms with Gasteiger partial charge in [-0.25, -0.2) is 5.43 Å². The highest BCUT2D eigenvalue weighted by Gasteiger charge is 2.07. The summed E-state index contributed by atoms with van der Waals surface area (Å²) in [5.41, 5.74) is 3.84. The van der Waals surface area contributed by atoms with Crippen LogP contribution >= 0.6 is 47.8 Å². The zero-order valence-corrected chi connectivity index (χ0v) is 16.2. The SMILES string of the molecule is COc1c(Br)cc(/C=N\NC(=O)c2cccc(Br)c2)cc1Br. The van der Waals surface area contributed by atoms with Crippen LogP contribution < -0.4 is 10.2 Å². The van der Waals surface area contributed by atoms with Gasteiger partial charge >= 0.3 is 0 Å². The second-order valence-corrected chi connectivity index (χ2v) is 6.85. The molecular weight excluding hydrogens is 480 g/mol. The summed E-state index contributed by atoms with van der Waals surface area (Å²) in [5.74, 6) is 0.430. The Morgan fingerprint density at radius 3 is 2.45 bits per heavy atom. The Labute approximate surface area is 153 Å². The Kier molecular flexibility index (Phi) is 6.16. The van der Waals surface area contributed by atoms with E-state index in [0.29, 0.717) is 11.3 Å². The number of carbonyl (C=O) groups excluding carboxylic acids is 1. The number of methoxy groups -OCH3 is 1. The molecule has 2 aromatic carbocycles. The molecule has 2 rings (SSSR count). The predicted octanol–water partition coefficient (Wildman–Crippen LogP) is 4.75. The first-order valence-electron chi connectivity index (χ1n) is 6.13. The number of hydrogen-bond donors (Lipinski definition) is 1. The van der Waals surface area contributed by atoms with Gasteiger partial charge in [0, 0.05) is 10.0 Å². The van der Waals surface area contributed by atoms with E-state index >= 15 is 0 Å². The first-order valence-corrected chi connectivity index (χ1v) is 8.51. The van der Waals surface area contributed by atoms with E-state index in [0.717, 1.165) is 19.0 Å². The smallest absolute Gasteiger partial charge is 0.271 e. The molecule has 4 nitrogen and oxygen atoms in total. The quantitative estimate of drug-likeness (QED) is 0.497. The van der Waals surface area contributed by atoms with Crippen molar-refractivity contribution in [3.05, 3.63) is 60.9 Å². The number of hydrazone groups is 1. The van der Waals surface area contributed by atoms with Crippen molar-refractivity contribution < 1.29 is 9.53 Å². The van der Waals surface area contributed by atoms with Crippen molar-refractivity contribution in [2.45, 2.75) is 0 Å². The molecular formula is C15H11Br3N2O2. The average molecular weight is 491 g/mol. The van der Waals surface area contributed by atoms with Crippen LogP contribution in [0.4, 0.5) is 0 Å². The normalized spacial score (nSPS) is 10.7. The van der Waals surface area contributed by atoms with E-state index in [1.54, 1.807) is 31.5 Å². The van der Waals surface area contributed by atoms with E-state index < -0.39 is 0 Å². The minimum Gasteiger partial charge on any atom is -0.494 e. The average Bonchev–Trinajstić information content (AvgIpc) is 2.47. The molecule has 1 amide bonds. The van der Waals surface area contributed by atoms with Crippen LogP contribution in [0.15, 0.2) is 54.9 Å². The van der Waals surface area contributed by atoms with Gasteiger partial charge in [-0.3, -0.25) is 4.79 Å². The van der Waals surface area contributed by atoms with Gasteiger partial charge in [0.2, 0.25) is 0 Å². The van der Waals surface area contributed by atoms with Crippen molar-refractivity contribution in [3.8, 4) is 5.75 Å². The maximum absolute atomic E-state index is 11.9. The maximum Gasteiger partial charge on any atom is 0.271 e. The van der Waals surface area contributed by atoms with Crippen LogP contribution in [0.5, 0.6) is 5.75 Å². The zero-order chi connectivity index (χ0) is 16.1. The second-order valence-electron chi connectivity index (χ2n) is 4.23. The standard InChI is InChI=1S/C15H11Br3N2O2/c1-22-14-12(17)5-9(6-13(14)18)8-19-20-15(21)10-3-2-4-11(16)7-10/h2-8H,1H3,(H,20,21)/b19-8-. The first kappa shape index (κ1) is 17.2. The lowest BCUT2D eigenvalue weighted by atomic mass is 10.2. The van der Waals surface area contributed by atoms with Gasteiger partial charge in [0.05, 0.1) is 22.3 Å². The minimum atomic E-state index is -0.274. The molecule has 0 bridgehead atoms. The highest BCUT2D eigenvalue weighted by Crippen LogP contribution is 2.33. The fraction of sp³-hybridized carbons (Fsp3) is 0.0667. The molecule has 2 aromatic rings.